The molecular weight excluding hydrogens is 350 g/mol. The average molecular weight is 370 g/mol. The van der Waals surface area contributed by atoms with E-state index in [1.807, 2.05) is 49.4 Å². The van der Waals surface area contributed by atoms with Crippen molar-refractivity contribution in [2.24, 2.45) is 0 Å². The molecular formula is C20H20ClN3O2. The highest BCUT2D eigenvalue weighted by atomic mass is 35.5. The Labute approximate surface area is 157 Å². The molecule has 134 valence electrons. The Kier molecular flexibility index (Phi) is 5.38. The number of carbonyl (C=O) groups excluding carboxylic acids is 1. The van der Waals surface area contributed by atoms with Crippen LogP contribution in [0.4, 0.5) is 0 Å². The summed E-state index contributed by atoms with van der Waals surface area (Å²) < 4.78 is 4.94. The molecule has 0 atom stereocenters. The maximum Gasteiger partial charge on any atom is 0.253 e. The molecule has 0 bridgehead atoms. The van der Waals surface area contributed by atoms with Crippen LogP contribution >= 0.6 is 11.6 Å². The summed E-state index contributed by atoms with van der Waals surface area (Å²) in [6.07, 6.45) is 0.555. The number of rotatable bonds is 5. The Bertz CT molecular complexity index is 919. The summed E-state index contributed by atoms with van der Waals surface area (Å²) in [6.45, 7) is 4.26. The second-order valence-electron chi connectivity index (χ2n) is 6.20. The van der Waals surface area contributed by atoms with Gasteiger partial charge in [-0.1, -0.05) is 41.0 Å². The molecule has 1 aromatic heterocycles. The van der Waals surface area contributed by atoms with Crippen LogP contribution in [0.25, 0.3) is 11.1 Å². The van der Waals surface area contributed by atoms with Gasteiger partial charge in [0, 0.05) is 37.5 Å². The van der Waals surface area contributed by atoms with E-state index >= 15 is 0 Å². The van der Waals surface area contributed by atoms with E-state index in [4.69, 9.17) is 16.1 Å². The van der Waals surface area contributed by atoms with Crippen LogP contribution in [0.2, 0.25) is 5.02 Å². The van der Waals surface area contributed by atoms with Crippen LogP contribution in [0, 0.1) is 13.8 Å². The van der Waals surface area contributed by atoms with E-state index in [1.54, 1.807) is 18.9 Å². The Balaban J connectivity index is 1.69. The van der Waals surface area contributed by atoms with Crippen molar-refractivity contribution in [3.05, 3.63) is 70.3 Å². The van der Waals surface area contributed by atoms with Gasteiger partial charge in [0.25, 0.3) is 5.91 Å². The number of halogens is 1. The molecule has 0 N–H and O–H groups in total. The van der Waals surface area contributed by atoms with Gasteiger partial charge >= 0.3 is 0 Å². The van der Waals surface area contributed by atoms with E-state index in [9.17, 15) is 4.79 Å². The van der Waals surface area contributed by atoms with Gasteiger partial charge in [0.05, 0.1) is 0 Å². The van der Waals surface area contributed by atoms with Crippen molar-refractivity contribution in [2.75, 3.05) is 13.6 Å². The van der Waals surface area contributed by atoms with Gasteiger partial charge < -0.3 is 9.42 Å². The largest absolute Gasteiger partial charge is 0.341 e. The van der Waals surface area contributed by atoms with Gasteiger partial charge in [-0.3, -0.25) is 4.79 Å². The fourth-order valence-corrected chi connectivity index (χ4v) is 2.92. The lowest BCUT2D eigenvalue weighted by Gasteiger charge is -2.16. The molecule has 0 aliphatic carbocycles. The standard InChI is InChI=1S/C20H20ClN3O2/c1-13-17(5-4-6-18(13)21)15-7-9-16(10-8-15)20(25)24(3)12-11-19-22-14(2)26-23-19/h4-10H,11-12H2,1-3H3. The van der Waals surface area contributed by atoms with Gasteiger partial charge in [-0.2, -0.15) is 4.98 Å². The molecule has 0 unspecified atom stereocenters. The highest BCUT2D eigenvalue weighted by Crippen LogP contribution is 2.28. The molecule has 0 aliphatic heterocycles. The summed E-state index contributed by atoms with van der Waals surface area (Å²) >= 11 is 6.20. The first kappa shape index (κ1) is 18.1. The first-order chi connectivity index (χ1) is 12.5. The third kappa shape index (κ3) is 3.94. The number of hydrogen-bond acceptors (Lipinski definition) is 4. The minimum atomic E-state index is -0.0421. The molecule has 6 heteroatoms. The predicted molar refractivity (Wildman–Crippen MR) is 101 cm³/mol. The summed E-state index contributed by atoms with van der Waals surface area (Å²) in [7, 11) is 1.77. The molecule has 0 aliphatic rings. The molecule has 26 heavy (non-hydrogen) atoms. The van der Waals surface area contributed by atoms with Crippen LogP contribution in [0.3, 0.4) is 0 Å². The van der Waals surface area contributed by atoms with Gasteiger partial charge in [-0.25, -0.2) is 0 Å². The van der Waals surface area contributed by atoms with E-state index in [-0.39, 0.29) is 5.91 Å². The van der Waals surface area contributed by atoms with E-state index < -0.39 is 0 Å². The number of aryl methyl sites for hydroxylation is 1. The lowest BCUT2D eigenvalue weighted by molar-refractivity contribution is 0.0796. The molecule has 2 aromatic carbocycles. The molecule has 0 saturated carbocycles. The summed E-state index contributed by atoms with van der Waals surface area (Å²) in [4.78, 5) is 18.4. The molecule has 1 amide bonds. The van der Waals surface area contributed by atoms with Crippen LogP contribution in [0.5, 0.6) is 0 Å². The number of hydrogen-bond donors (Lipinski definition) is 0. The van der Waals surface area contributed by atoms with Gasteiger partial charge in [-0.05, 0) is 41.8 Å². The molecule has 5 nitrogen and oxygen atoms in total. The predicted octanol–water partition coefficient (Wildman–Crippen LogP) is 4.32. The monoisotopic (exact) mass is 369 g/mol. The van der Waals surface area contributed by atoms with Gasteiger partial charge in [-0.15, -0.1) is 0 Å². The van der Waals surface area contributed by atoms with Crippen molar-refractivity contribution in [2.45, 2.75) is 20.3 Å². The molecule has 0 spiro atoms. The summed E-state index contributed by atoms with van der Waals surface area (Å²) in [5.74, 6) is 1.09. The quantitative estimate of drug-likeness (QED) is 0.672. The Hall–Kier alpha value is -2.66. The van der Waals surface area contributed by atoms with Crippen LogP contribution in [-0.2, 0) is 6.42 Å². The third-order valence-corrected chi connectivity index (χ3v) is 4.71. The number of likely N-dealkylation sites (N-methyl/N-ethyl adjacent to an activating group) is 1. The molecule has 0 fully saturated rings. The van der Waals surface area contributed by atoms with Gasteiger partial charge in [0.15, 0.2) is 5.82 Å². The molecule has 3 rings (SSSR count). The topological polar surface area (TPSA) is 59.2 Å². The van der Waals surface area contributed by atoms with Gasteiger partial charge in [0.1, 0.15) is 0 Å². The van der Waals surface area contributed by atoms with Crippen molar-refractivity contribution in [3.63, 3.8) is 0 Å². The maximum absolute atomic E-state index is 12.6. The third-order valence-electron chi connectivity index (χ3n) is 4.30. The molecule has 0 radical (unpaired) electrons. The number of aromatic nitrogens is 2. The molecule has 3 aromatic rings. The summed E-state index contributed by atoms with van der Waals surface area (Å²) in [6, 6.07) is 13.4. The summed E-state index contributed by atoms with van der Waals surface area (Å²) in [5, 5.41) is 4.58. The van der Waals surface area contributed by atoms with Crippen LogP contribution in [-0.4, -0.2) is 34.5 Å². The normalized spacial score (nSPS) is 10.8. The number of benzene rings is 2. The molecule has 0 saturated heterocycles. The van der Waals surface area contributed by atoms with E-state index in [1.165, 1.54) is 0 Å². The zero-order chi connectivity index (χ0) is 18.7. The van der Waals surface area contributed by atoms with Crippen molar-refractivity contribution in [1.29, 1.82) is 0 Å². The van der Waals surface area contributed by atoms with Crippen molar-refractivity contribution in [1.82, 2.24) is 15.0 Å². The minimum Gasteiger partial charge on any atom is -0.341 e. The second-order valence-corrected chi connectivity index (χ2v) is 6.60. The second kappa shape index (κ2) is 7.70. The maximum atomic E-state index is 12.6. The van der Waals surface area contributed by atoms with Crippen molar-refractivity contribution < 1.29 is 9.32 Å². The zero-order valence-corrected chi connectivity index (χ0v) is 15.7. The van der Waals surface area contributed by atoms with E-state index in [0.29, 0.717) is 30.2 Å². The first-order valence-corrected chi connectivity index (χ1v) is 8.73. The highest BCUT2D eigenvalue weighted by molar-refractivity contribution is 6.31. The number of amides is 1. The Morgan fingerprint density at radius 1 is 1.15 bits per heavy atom. The first-order valence-electron chi connectivity index (χ1n) is 8.36. The van der Waals surface area contributed by atoms with Gasteiger partial charge in [0.2, 0.25) is 5.89 Å². The smallest absolute Gasteiger partial charge is 0.253 e. The Morgan fingerprint density at radius 2 is 1.88 bits per heavy atom. The average Bonchev–Trinajstić information content (AvgIpc) is 3.07. The number of carbonyl (C=O) groups is 1. The van der Waals surface area contributed by atoms with Crippen molar-refractivity contribution >= 4 is 17.5 Å². The van der Waals surface area contributed by atoms with E-state index in [2.05, 4.69) is 10.1 Å². The lowest BCUT2D eigenvalue weighted by Crippen LogP contribution is -2.29. The van der Waals surface area contributed by atoms with Crippen molar-refractivity contribution in [3.8, 4) is 11.1 Å². The fraction of sp³-hybridized carbons (Fsp3) is 0.250. The van der Waals surface area contributed by atoms with Crippen LogP contribution < -0.4 is 0 Å². The summed E-state index contributed by atoms with van der Waals surface area (Å²) in [5.41, 5.74) is 3.77. The minimum absolute atomic E-state index is 0.0421. The van der Waals surface area contributed by atoms with Crippen LogP contribution in [0.1, 0.15) is 27.6 Å². The number of nitrogens with zero attached hydrogens (tertiary/aromatic N) is 3. The van der Waals surface area contributed by atoms with E-state index in [0.717, 1.165) is 21.7 Å². The SMILES string of the molecule is Cc1nc(CCN(C)C(=O)c2ccc(-c3cccc(Cl)c3C)cc2)no1. The molecule has 1 heterocycles. The zero-order valence-electron chi connectivity index (χ0n) is 15.0. The lowest BCUT2D eigenvalue weighted by atomic mass is 9.99. The fourth-order valence-electron chi connectivity index (χ4n) is 2.75. The Morgan fingerprint density at radius 3 is 2.54 bits per heavy atom. The highest BCUT2D eigenvalue weighted by Gasteiger charge is 2.13. The van der Waals surface area contributed by atoms with Crippen LogP contribution in [0.15, 0.2) is 47.0 Å².